The van der Waals surface area contributed by atoms with Crippen LogP contribution in [0, 0.1) is 5.92 Å². The zero-order chi connectivity index (χ0) is 16.0. The zero-order valence-electron chi connectivity index (χ0n) is 12.8. The second kappa shape index (κ2) is 7.43. The highest BCUT2D eigenvalue weighted by atomic mass is 16.4. The van der Waals surface area contributed by atoms with Crippen LogP contribution in [0.2, 0.25) is 0 Å². The molecule has 0 radical (unpaired) electrons. The standard InChI is InChI=1S/C15H15NO3.C2H6/c1-9(2)14(17)16-13-5-3-4-10-6-7-11(15(18)19)8-12(10)13;1-2/h3-9H,1-2H3,(H,16,17)(H,18,19);1-2H3. The lowest BCUT2D eigenvalue weighted by molar-refractivity contribution is -0.118. The molecule has 4 nitrogen and oxygen atoms in total. The summed E-state index contributed by atoms with van der Waals surface area (Å²) < 4.78 is 0. The molecule has 2 rings (SSSR count). The van der Waals surface area contributed by atoms with Gasteiger partial charge in [-0.3, -0.25) is 4.79 Å². The van der Waals surface area contributed by atoms with Gasteiger partial charge < -0.3 is 10.4 Å². The number of hydrogen-bond donors (Lipinski definition) is 2. The van der Waals surface area contributed by atoms with E-state index in [4.69, 9.17) is 5.11 Å². The maximum atomic E-state index is 11.7. The van der Waals surface area contributed by atoms with Crippen molar-refractivity contribution in [2.24, 2.45) is 5.92 Å². The van der Waals surface area contributed by atoms with Crippen LogP contribution in [-0.2, 0) is 4.79 Å². The van der Waals surface area contributed by atoms with E-state index in [0.29, 0.717) is 5.69 Å². The second-order valence-corrected chi connectivity index (χ2v) is 4.69. The molecule has 0 fully saturated rings. The summed E-state index contributed by atoms with van der Waals surface area (Å²) in [7, 11) is 0. The highest BCUT2D eigenvalue weighted by molar-refractivity contribution is 6.04. The third-order valence-corrected chi connectivity index (χ3v) is 2.91. The van der Waals surface area contributed by atoms with Gasteiger partial charge in [0, 0.05) is 17.0 Å². The van der Waals surface area contributed by atoms with Gasteiger partial charge in [0.25, 0.3) is 0 Å². The summed E-state index contributed by atoms with van der Waals surface area (Å²) in [6.45, 7) is 7.62. The quantitative estimate of drug-likeness (QED) is 0.890. The monoisotopic (exact) mass is 287 g/mol. The van der Waals surface area contributed by atoms with Crippen LogP contribution < -0.4 is 5.32 Å². The molecule has 0 heterocycles. The predicted molar refractivity (Wildman–Crippen MR) is 85.7 cm³/mol. The molecule has 112 valence electrons. The number of carbonyl (C=O) groups excluding carboxylic acids is 1. The Morgan fingerprint density at radius 2 is 1.76 bits per heavy atom. The van der Waals surface area contributed by atoms with Crippen LogP contribution >= 0.6 is 0 Å². The molecule has 0 aromatic heterocycles. The molecule has 0 saturated heterocycles. The lowest BCUT2D eigenvalue weighted by atomic mass is 10.0. The fourth-order valence-corrected chi connectivity index (χ4v) is 1.79. The van der Waals surface area contributed by atoms with Crippen molar-refractivity contribution in [2.75, 3.05) is 5.32 Å². The molecule has 21 heavy (non-hydrogen) atoms. The third kappa shape index (κ3) is 4.05. The van der Waals surface area contributed by atoms with E-state index in [-0.39, 0.29) is 17.4 Å². The Labute approximate surface area is 124 Å². The van der Waals surface area contributed by atoms with Gasteiger partial charge in [-0.1, -0.05) is 45.9 Å². The average molecular weight is 287 g/mol. The van der Waals surface area contributed by atoms with E-state index in [1.807, 2.05) is 39.8 Å². The van der Waals surface area contributed by atoms with Crippen molar-refractivity contribution in [3.8, 4) is 0 Å². The SMILES string of the molecule is CC.CC(C)C(=O)Nc1cccc2ccc(C(=O)O)cc12. The van der Waals surface area contributed by atoms with Crippen LogP contribution in [0.5, 0.6) is 0 Å². The normalized spacial score (nSPS) is 9.95. The lowest BCUT2D eigenvalue weighted by Gasteiger charge is -2.11. The van der Waals surface area contributed by atoms with Gasteiger partial charge in [0.15, 0.2) is 0 Å². The Balaban J connectivity index is 0.00000106. The second-order valence-electron chi connectivity index (χ2n) is 4.69. The zero-order valence-corrected chi connectivity index (χ0v) is 12.8. The van der Waals surface area contributed by atoms with E-state index in [9.17, 15) is 9.59 Å². The van der Waals surface area contributed by atoms with Gasteiger partial charge in [-0.2, -0.15) is 0 Å². The smallest absolute Gasteiger partial charge is 0.335 e. The number of aromatic carboxylic acids is 1. The van der Waals surface area contributed by atoms with Gasteiger partial charge in [0.2, 0.25) is 5.91 Å². The number of hydrogen-bond acceptors (Lipinski definition) is 2. The number of nitrogens with one attached hydrogen (secondary N) is 1. The number of rotatable bonds is 3. The van der Waals surface area contributed by atoms with Crippen molar-refractivity contribution in [2.45, 2.75) is 27.7 Å². The minimum Gasteiger partial charge on any atom is -0.478 e. The van der Waals surface area contributed by atoms with E-state index >= 15 is 0 Å². The maximum Gasteiger partial charge on any atom is 0.335 e. The molecule has 2 aromatic carbocycles. The molecule has 4 heteroatoms. The van der Waals surface area contributed by atoms with Crippen LogP contribution in [0.4, 0.5) is 5.69 Å². The van der Waals surface area contributed by atoms with Gasteiger partial charge in [-0.25, -0.2) is 4.79 Å². The van der Waals surface area contributed by atoms with Gasteiger partial charge >= 0.3 is 5.97 Å². The topological polar surface area (TPSA) is 66.4 Å². The number of benzene rings is 2. The van der Waals surface area contributed by atoms with Crippen molar-refractivity contribution < 1.29 is 14.7 Å². The first-order valence-electron chi connectivity index (χ1n) is 7.06. The number of carboxylic acids is 1. The molecule has 0 aliphatic carbocycles. The van der Waals surface area contributed by atoms with Gasteiger partial charge in [-0.05, 0) is 23.6 Å². The summed E-state index contributed by atoms with van der Waals surface area (Å²) in [5.74, 6) is -1.20. The summed E-state index contributed by atoms with van der Waals surface area (Å²) in [6, 6.07) is 10.4. The number of amides is 1. The Morgan fingerprint density at radius 1 is 1.10 bits per heavy atom. The van der Waals surface area contributed by atoms with Crippen molar-refractivity contribution in [3.05, 3.63) is 42.0 Å². The van der Waals surface area contributed by atoms with E-state index in [0.717, 1.165) is 10.8 Å². The average Bonchev–Trinajstić information content (AvgIpc) is 2.49. The van der Waals surface area contributed by atoms with Crippen molar-refractivity contribution in [1.29, 1.82) is 0 Å². The fraction of sp³-hybridized carbons (Fsp3) is 0.294. The van der Waals surface area contributed by atoms with Crippen LogP contribution in [0.25, 0.3) is 10.8 Å². The minimum absolute atomic E-state index is 0.0896. The molecule has 0 bridgehead atoms. The van der Waals surface area contributed by atoms with E-state index < -0.39 is 5.97 Å². The molecule has 0 aliphatic heterocycles. The first kappa shape index (κ1) is 16.7. The van der Waals surface area contributed by atoms with Crippen LogP contribution in [0.1, 0.15) is 38.1 Å². The molecular formula is C17H21NO3. The number of anilines is 1. The molecule has 1 amide bonds. The van der Waals surface area contributed by atoms with E-state index in [1.54, 1.807) is 24.3 Å². The summed E-state index contributed by atoms with van der Waals surface area (Å²) >= 11 is 0. The lowest BCUT2D eigenvalue weighted by Crippen LogP contribution is -2.17. The molecule has 0 unspecified atom stereocenters. The predicted octanol–water partition coefficient (Wildman–Crippen LogP) is 4.16. The molecule has 0 aliphatic rings. The molecule has 2 N–H and O–H groups in total. The molecule has 2 aromatic rings. The van der Waals surface area contributed by atoms with Crippen LogP contribution in [0.15, 0.2) is 36.4 Å². The third-order valence-electron chi connectivity index (χ3n) is 2.91. The molecule has 0 saturated carbocycles. The van der Waals surface area contributed by atoms with Crippen LogP contribution in [0.3, 0.4) is 0 Å². The van der Waals surface area contributed by atoms with E-state index in [1.165, 1.54) is 0 Å². The van der Waals surface area contributed by atoms with Gasteiger partial charge in [-0.15, -0.1) is 0 Å². The molecule has 0 atom stereocenters. The summed E-state index contributed by atoms with van der Waals surface area (Å²) in [6.07, 6.45) is 0. The minimum atomic E-state index is -0.980. The fourth-order valence-electron chi connectivity index (χ4n) is 1.79. The Hall–Kier alpha value is -2.36. The molecular weight excluding hydrogens is 266 g/mol. The number of carbonyl (C=O) groups is 2. The van der Waals surface area contributed by atoms with Gasteiger partial charge in [0.1, 0.15) is 0 Å². The first-order valence-corrected chi connectivity index (χ1v) is 7.06. The number of carboxylic acid groups (broad SMARTS) is 1. The highest BCUT2D eigenvalue weighted by Crippen LogP contribution is 2.25. The largest absolute Gasteiger partial charge is 0.478 e. The Morgan fingerprint density at radius 3 is 2.33 bits per heavy atom. The summed E-state index contributed by atoms with van der Waals surface area (Å²) in [5.41, 5.74) is 0.845. The molecule has 0 spiro atoms. The van der Waals surface area contributed by atoms with Crippen molar-refractivity contribution >= 4 is 28.3 Å². The Bertz CT molecular complexity index is 648. The van der Waals surface area contributed by atoms with E-state index in [2.05, 4.69) is 5.32 Å². The summed E-state index contributed by atoms with van der Waals surface area (Å²) in [5, 5.41) is 13.5. The maximum absolute atomic E-state index is 11.7. The highest BCUT2D eigenvalue weighted by Gasteiger charge is 2.11. The van der Waals surface area contributed by atoms with Crippen molar-refractivity contribution in [3.63, 3.8) is 0 Å². The first-order chi connectivity index (χ1) is 9.99. The van der Waals surface area contributed by atoms with Crippen LogP contribution in [-0.4, -0.2) is 17.0 Å². The number of fused-ring (bicyclic) bond motifs is 1. The summed E-state index contributed by atoms with van der Waals surface area (Å²) in [4.78, 5) is 22.7. The Kier molecular flexibility index (Phi) is 5.91. The van der Waals surface area contributed by atoms with Crippen molar-refractivity contribution in [1.82, 2.24) is 0 Å². The van der Waals surface area contributed by atoms with Gasteiger partial charge in [0.05, 0.1) is 5.56 Å².